The number of para-hydroxylation sites is 1. The van der Waals surface area contributed by atoms with Crippen molar-refractivity contribution in [2.75, 3.05) is 7.11 Å². The Hall–Kier alpha value is -2.77. The first-order valence-corrected chi connectivity index (χ1v) is 9.88. The van der Waals surface area contributed by atoms with Crippen molar-refractivity contribution in [2.24, 2.45) is 7.05 Å². The van der Waals surface area contributed by atoms with Gasteiger partial charge in [0.05, 0.1) is 24.6 Å². The highest BCUT2D eigenvalue weighted by atomic mass is 35.5. The van der Waals surface area contributed by atoms with Gasteiger partial charge in [-0.2, -0.15) is 0 Å². The maximum atomic E-state index is 5.93. The van der Waals surface area contributed by atoms with Gasteiger partial charge in [-0.1, -0.05) is 35.5 Å². The third-order valence-electron chi connectivity index (χ3n) is 4.19. The van der Waals surface area contributed by atoms with Crippen LogP contribution in [-0.2, 0) is 12.8 Å². The van der Waals surface area contributed by atoms with Gasteiger partial charge in [0.15, 0.2) is 16.7 Å². The van der Waals surface area contributed by atoms with Gasteiger partial charge in [0.25, 0.3) is 0 Å². The van der Waals surface area contributed by atoms with Crippen molar-refractivity contribution in [3.05, 3.63) is 65.6 Å². The van der Waals surface area contributed by atoms with Gasteiger partial charge in [-0.05, 0) is 36.4 Å². The molecule has 142 valence electrons. The minimum atomic E-state index is 0.547. The molecule has 0 radical (unpaired) electrons. The minimum Gasteiger partial charge on any atom is -0.496 e. The Kier molecular flexibility index (Phi) is 5.36. The Labute approximate surface area is 171 Å². The molecule has 2 heterocycles. The molecule has 0 saturated carbocycles. The highest BCUT2D eigenvalue weighted by Crippen LogP contribution is 2.31. The molecule has 0 saturated heterocycles. The number of hydrogen-bond donors (Lipinski definition) is 0. The third kappa shape index (κ3) is 3.76. The highest BCUT2D eigenvalue weighted by molar-refractivity contribution is 7.98. The first kappa shape index (κ1) is 18.6. The van der Waals surface area contributed by atoms with Crippen LogP contribution in [-0.4, -0.2) is 26.9 Å². The number of thioether (sulfide) groups is 1. The Morgan fingerprint density at radius 1 is 1.11 bits per heavy atom. The van der Waals surface area contributed by atoms with E-state index >= 15 is 0 Å². The summed E-state index contributed by atoms with van der Waals surface area (Å²) in [5, 5.41) is 10.1. The van der Waals surface area contributed by atoms with Crippen LogP contribution in [0.25, 0.3) is 22.7 Å². The van der Waals surface area contributed by atoms with Crippen LogP contribution in [0.2, 0.25) is 5.02 Å². The quantitative estimate of drug-likeness (QED) is 0.411. The lowest BCUT2D eigenvalue weighted by Gasteiger charge is -2.07. The Bertz CT molecular complexity index is 1090. The van der Waals surface area contributed by atoms with Crippen LogP contribution in [0.15, 0.2) is 64.3 Å². The second-order valence-electron chi connectivity index (χ2n) is 5.98. The molecule has 0 spiro atoms. The number of nitrogens with zero attached hydrogens (tertiary/aromatic N) is 4. The molecule has 2 aromatic carbocycles. The number of aromatic nitrogens is 4. The fourth-order valence-electron chi connectivity index (χ4n) is 2.76. The lowest BCUT2D eigenvalue weighted by Crippen LogP contribution is -1.97. The molecule has 2 aromatic heterocycles. The van der Waals surface area contributed by atoms with Crippen molar-refractivity contribution in [2.45, 2.75) is 10.9 Å². The van der Waals surface area contributed by atoms with Crippen LogP contribution < -0.4 is 4.74 Å². The molecule has 0 unspecified atom stereocenters. The van der Waals surface area contributed by atoms with E-state index in [0.717, 1.165) is 27.9 Å². The van der Waals surface area contributed by atoms with E-state index in [1.165, 1.54) is 11.8 Å². The average molecular weight is 413 g/mol. The van der Waals surface area contributed by atoms with E-state index < -0.39 is 0 Å². The molecular weight excluding hydrogens is 396 g/mol. The predicted molar refractivity (Wildman–Crippen MR) is 110 cm³/mol. The number of hydrogen-bond acceptors (Lipinski definition) is 6. The summed E-state index contributed by atoms with van der Waals surface area (Å²) in [6, 6.07) is 15.2. The summed E-state index contributed by atoms with van der Waals surface area (Å²) in [7, 11) is 3.57. The second-order valence-corrected chi connectivity index (χ2v) is 7.36. The topological polar surface area (TPSA) is 66.0 Å². The molecule has 0 aliphatic carbocycles. The molecule has 6 nitrogen and oxygen atoms in total. The molecule has 0 bridgehead atoms. The molecule has 4 rings (SSSR count). The fraction of sp³-hybridized carbons (Fsp3) is 0.150. The maximum absolute atomic E-state index is 5.93. The maximum Gasteiger partial charge on any atom is 0.205 e. The van der Waals surface area contributed by atoms with Crippen LogP contribution in [0.3, 0.4) is 0 Å². The van der Waals surface area contributed by atoms with Gasteiger partial charge in [-0.3, -0.25) is 0 Å². The van der Waals surface area contributed by atoms with Crippen molar-refractivity contribution in [1.82, 2.24) is 19.7 Å². The molecule has 4 aromatic rings. The van der Waals surface area contributed by atoms with Crippen LogP contribution in [0.4, 0.5) is 0 Å². The molecule has 0 N–H and O–H groups in total. The summed E-state index contributed by atoms with van der Waals surface area (Å²) in [4.78, 5) is 4.35. The van der Waals surface area contributed by atoms with Crippen LogP contribution in [0, 0.1) is 0 Å². The number of halogens is 1. The van der Waals surface area contributed by atoms with Crippen LogP contribution >= 0.6 is 23.4 Å². The molecule has 8 heteroatoms. The van der Waals surface area contributed by atoms with E-state index in [4.69, 9.17) is 20.8 Å². The minimum absolute atomic E-state index is 0.547. The van der Waals surface area contributed by atoms with Gasteiger partial charge in [0.2, 0.25) is 5.89 Å². The van der Waals surface area contributed by atoms with Gasteiger partial charge >= 0.3 is 0 Å². The zero-order valence-electron chi connectivity index (χ0n) is 15.3. The van der Waals surface area contributed by atoms with E-state index in [0.29, 0.717) is 22.4 Å². The first-order valence-electron chi connectivity index (χ1n) is 8.52. The summed E-state index contributed by atoms with van der Waals surface area (Å²) in [5.74, 6) is 3.38. The Morgan fingerprint density at radius 3 is 2.68 bits per heavy atom. The molecule has 28 heavy (non-hydrogen) atoms. The number of rotatable bonds is 6. The SMILES string of the molecule is COc1ccccc1-c1nnc(SCc2ncc(-c3ccc(Cl)cc3)o2)n1C. The normalized spacial score (nSPS) is 11.0. The van der Waals surface area contributed by atoms with Gasteiger partial charge in [0, 0.05) is 17.6 Å². The van der Waals surface area contributed by atoms with Gasteiger partial charge in [0.1, 0.15) is 5.75 Å². The Balaban J connectivity index is 1.49. The smallest absolute Gasteiger partial charge is 0.205 e. The second kappa shape index (κ2) is 8.08. The summed E-state index contributed by atoms with van der Waals surface area (Å²) in [6.07, 6.45) is 1.72. The molecular formula is C20H17ClN4O2S. The Morgan fingerprint density at radius 2 is 1.89 bits per heavy atom. The highest BCUT2D eigenvalue weighted by Gasteiger charge is 2.16. The van der Waals surface area contributed by atoms with E-state index in [-0.39, 0.29) is 0 Å². The molecule has 0 atom stereocenters. The van der Waals surface area contributed by atoms with Crippen LogP contribution in [0.5, 0.6) is 5.75 Å². The lowest BCUT2D eigenvalue weighted by molar-refractivity contribution is 0.416. The van der Waals surface area contributed by atoms with Gasteiger partial charge < -0.3 is 13.7 Å². The standard InChI is InChI=1S/C20H17ClN4O2S/c1-25-19(15-5-3-4-6-16(15)26-2)23-24-20(25)28-12-18-22-11-17(27-18)13-7-9-14(21)10-8-13/h3-11H,12H2,1-2H3. The van der Waals surface area contributed by atoms with E-state index in [1.54, 1.807) is 13.3 Å². The van der Waals surface area contributed by atoms with Crippen molar-refractivity contribution >= 4 is 23.4 Å². The van der Waals surface area contributed by atoms with Gasteiger partial charge in [-0.25, -0.2) is 4.98 Å². The fourth-order valence-corrected chi connectivity index (χ4v) is 3.65. The zero-order valence-corrected chi connectivity index (χ0v) is 16.9. The summed E-state index contributed by atoms with van der Waals surface area (Å²) in [5.41, 5.74) is 1.83. The predicted octanol–water partition coefficient (Wildman–Crippen LogP) is 5.09. The van der Waals surface area contributed by atoms with Gasteiger partial charge in [-0.15, -0.1) is 10.2 Å². The van der Waals surface area contributed by atoms with E-state index in [2.05, 4.69) is 15.2 Å². The number of methoxy groups -OCH3 is 1. The van der Waals surface area contributed by atoms with E-state index in [9.17, 15) is 0 Å². The molecule has 0 amide bonds. The summed E-state index contributed by atoms with van der Waals surface area (Å²) < 4.78 is 13.2. The first-order chi connectivity index (χ1) is 13.7. The monoisotopic (exact) mass is 412 g/mol. The number of ether oxygens (including phenoxy) is 1. The zero-order chi connectivity index (χ0) is 19.5. The summed E-state index contributed by atoms with van der Waals surface area (Å²) >= 11 is 7.44. The van der Waals surface area contributed by atoms with Crippen molar-refractivity contribution in [1.29, 1.82) is 0 Å². The van der Waals surface area contributed by atoms with Crippen LogP contribution in [0.1, 0.15) is 5.89 Å². The largest absolute Gasteiger partial charge is 0.496 e. The number of benzene rings is 2. The van der Waals surface area contributed by atoms with Crippen molar-refractivity contribution in [3.8, 4) is 28.5 Å². The lowest BCUT2D eigenvalue weighted by atomic mass is 10.2. The summed E-state index contributed by atoms with van der Waals surface area (Å²) in [6.45, 7) is 0. The average Bonchev–Trinajstić information content (AvgIpc) is 3.34. The van der Waals surface area contributed by atoms with Crippen molar-refractivity contribution < 1.29 is 9.15 Å². The molecule has 0 fully saturated rings. The van der Waals surface area contributed by atoms with Crippen molar-refractivity contribution in [3.63, 3.8) is 0 Å². The van der Waals surface area contributed by atoms with E-state index in [1.807, 2.05) is 60.1 Å². The molecule has 0 aliphatic rings. The number of oxazole rings is 1. The molecule has 0 aliphatic heterocycles. The third-order valence-corrected chi connectivity index (χ3v) is 5.45.